The van der Waals surface area contributed by atoms with E-state index in [1.165, 1.54) is 24.8 Å². The fraction of sp³-hybridized carbons (Fsp3) is 0. The fourth-order valence-corrected chi connectivity index (χ4v) is 1.35. The van der Waals surface area contributed by atoms with E-state index in [4.69, 9.17) is 11.5 Å². The van der Waals surface area contributed by atoms with Crippen molar-refractivity contribution < 1.29 is 4.79 Å². The van der Waals surface area contributed by atoms with Gasteiger partial charge in [0.05, 0.1) is 23.6 Å². The van der Waals surface area contributed by atoms with Gasteiger partial charge in [0, 0.05) is 11.4 Å². The summed E-state index contributed by atoms with van der Waals surface area (Å²) < 4.78 is 0. The molecule has 0 atom stereocenters. The number of rotatable bonds is 2. The van der Waals surface area contributed by atoms with Crippen molar-refractivity contribution >= 4 is 23.0 Å². The van der Waals surface area contributed by atoms with Gasteiger partial charge < -0.3 is 16.8 Å². The Labute approximate surface area is 97.7 Å². The standard InChI is InChI=1S/C11H11N5O/c12-7-1-2-9(10(13)3-7)11(17)16-8-4-14-6-15-5-8/h1-6H,12-13H2,(H,16,17). The minimum absolute atomic E-state index is 0.322. The molecule has 86 valence electrons. The van der Waals surface area contributed by atoms with Crippen molar-refractivity contribution in [1.82, 2.24) is 9.97 Å². The van der Waals surface area contributed by atoms with E-state index in [0.717, 1.165) is 0 Å². The Bertz CT molecular complexity index is 541. The van der Waals surface area contributed by atoms with Gasteiger partial charge in [-0.2, -0.15) is 0 Å². The van der Waals surface area contributed by atoms with Crippen LogP contribution in [0.15, 0.2) is 36.9 Å². The number of nitrogen functional groups attached to an aromatic ring is 2. The molecule has 1 aromatic heterocycles. The van der Waals surface area contributed by atoms with Gasteiger partial charge in [-0.1, -0.05) is 0 Å². The van der Waals surface area contributed by atoms with Gasteiger partial charge in [-0.15, -0.1) is 0 Å². The van der Waals surface area contributed by atoms with E-state index in [1.54, 1.807) is 12.1 Å². The molecule has 0 unspecified atom stereocenters. The average molecular weight is 229 g/mol. The number of carbonyl (C=O) groups is 1. The van der Waals surface area contributed by atoms with Crippen LogP contribution >= 0.6 is 0 Å². The summed E-state index contributed by atoms with van der Waals surface area (Å²) >= 11 is 0. The molecule has 1 aromatic carbocycles. The molecule has 2 rings (SSSR count). The van der Waals surface area contributed by atoms with Gasteiger partial charge in [0.2, 0.25) is 0 Å². The minimum atomic E-state index is -0.322. The van der Waals surface area contributed by atoms with Crippen molar-refractivity contribution in [3.05, 3.63) is 42.5 Å². The zero-order valence-corrected chi connectivity index (χ0v) is 8.92. The molecular formula is C11H11N5O. The normalized spacial score (nSPS) is 9.88. The van der Waals surface area contributed by atoms with Crippen LogP contribution in [0.25, 0.3) is 0 Å². The molecule has 0 saturated heterocycles. The lowest BCUT2D eigenvalue weighted by molar-refractivity contribution is 0.102. The van der Waals surface area contributed by atoms with E-state index in [0.29, 0.717) is 22.6 Å². The molecule has 0 fully saturated rings. The summed E-state index contributed by atoms with van der Waals surface area (Å²) in [5.41, 5.74) is 13.0. The first-order chi connectivity index (χ1) is 8.16. The Balaban J connectivity index is 2.21. The molecule has 2 aromatic rings. The van der Waals surface area contributed by atoms with Crippen LogP contribution in [0.2, 0.25) is 0 Å². The maximum atomic E-state index is 11.9. The molecule has 0 aliphatic rings. The predicted octanol–water partition coefficient (Wildman–Crippen LogP) is 0.893. The van der Waals surface area contributed by atoms with Gasteiger partial charge in [-0.05, 0) is 18.2 Å². The third-order valence-electron chi connectivity index (χ3n) is 2.14. The van der Waals surface area contributed by atoms with Crippen LogP contribution < -0.4 is 16.8 Å². The van der Waals surface area contributed by atoms with Crippen molar-refractivity contribution in [1.29, 1.82) is 0 Å². The zero-order chi connectivity index (χ0) is 12.3. The van der Waals surface area contributed by atoms with Crippen molar-refractivity contribution in [2.75, 3.05) is 16.8 Å². The van der Waals surface area contributed by atoms with Crippen LogP contribution in [0.1, 0.15) is 10.4 Å². The monoisotopic (exact) mass is 229 g/mol. The maximum absolute atomic E-state index is 11.9. The van der Waals surface area contributed by atoms with E-state index < -0.39 is 0 Å². The first-order valence-electron chi connectivity index (χ1n) is 4.88. The van der Waals surface area contributed by atoms with Gasteiger partial charge in [0.15, 0.2) is 0 Å². The number of benzene rings is 1. The number of aromatic nitrogens is 2. The Morgan fingerprint density at radius 3 is 2.53 bits per heavy atom. The van der Waals surface area contributed by atoms with E-state index in [2.05, 4.69) is 15.3 Å². The fourth-order valence-electron chi connectivity index (χ4n) is 1.35. The number of nitrogens with one attached hydrogen (secondary N) is 1. The second kappa shape index (κ2) is 4.48. The summed E-state index contributed by atoms with van der Waals surface area (Å²) in [4.78, 5) is 19.4. The molecule has 0 aliphatic carbocycles. The number of nitrogens with two attached hydrogens (primary N) is 2. The number of carbonyl (C=O) groups excluding carboxylic acids is 1. The van der Waals surface area contributed by atoms with Crippen LogP contribution in [0.4, 0.5) is 17.1 Å². The number of hydrogen-bond acceptors (Lipinski definition) is 5. The Morgan fingerprint density at radius 2 is 1.88 bits per heavy atom. The molecule has 0 spiro atoms. The molecule has 17 heavy (non-hydrogen) atoms. The highest BCUT2D eigenvalue weighted by Gasteiger charge is 2.09. The molecule has 6 nitrogen and oxygen atoms in total. The minimum Gasteiger partial charge on any atom is -0.399 e. The summed E-state index contributed by atoms with van der Waals surface area (Å²) in [6.07, 6.45) is 4.38. The van der Waals surface area contributed by atoms with Crippen molar-refractivity contribution in [3.63, 3.8) is 0 Å². The molecule has 1 amide bonds. The molecule has 1 heterocycles. The van der Waals surface area contributed by atoms with Gasteiger partial charge in [-0.3, -0.25) is 4.79 Å². The Hall–Kier alpha value is -2.63. The molecule has 6 heteroatoms. The maximum Gasteiger partial charge on any atom is 0.257 e. The summed E-state index contributed by atoms with van der Waals surface area (Å²) in [6.45, 7) is 0. The van der Waals surface area contributed by atoms with Gasteiger partial charge in [0.25, 0.3) is 5.91 Å². The molecule has 5 N–H and O–H groups in total. The molecule has 0 saturated carbocycles. The second-order valence-corrected chi connectivity index (χ2v) is 3.43. The van der Waals surface area contributed by atoms with Crippen LogP contribution in [-0.2, 0) is 0 Å². The topological polar surface area (TPSA) is 107 Å². The second-order valence-electron chi connectivity index (χ2n) is 3.43. The van der Waals surface area contributed by atoms with Crippen LogP contribution in [0.5, 0.6) is 0 Å². The smallest absolute Gasteiger partial charge is 0.257 e. The van der Waals surface area contributed by atoms with Gasteiger partial charge in [-0.25, -0.2) is 9.97 Å². The van der Waals surface area contributed by atoms with Crippen molar-refractivity contribution in [3.8, 4) is 0 Å². The quantitative estimate of drug-likeness (QED) is 0.663. The van der Waals surface area contributed by atoms with E-state index >= 15 is 0 Å². The predicted molar refractivity (Wildman–Crippen MR) is 65.3 cm³/mol. The summed E-state index contributed by atoms with van der Waals surface area (Å²) in [6, 6.07) is 4.73. The summed E-state index contributed by atoms with van der Waals surface area (Å²) in [5.74, 6) is -0.322. The molecule has 0 radical (unpaired) electrons. The Kier molecular flexibility index (Phi) is 2.87. The highest BCUT2D eigenvalue weighted by Crippen LogP contribution is 2.17. The number of anilines is 3. The number of hydrogen-bond donors (Lipinski definition) is 3. The molecular weight excluding hydrogens is 218 g/mol. The van der Waals surface area contributed by atoms with Gasteiger partial charge >= 0.3 is 0 Å². The van der Waals surface area contributed by atoms with Crippen LogP contribution in [0, 0.1) is 0 Å². The average Bonchev–Trinajstić information content (AvgIpc) is 2.30. The molecule has 0 aliphatic heterocycles. The highest BCUT2D eigenvalue weighted by atomic mass is 16.1. The number of amides is 1. The van der Waals surface area contributed by atoms with E-state index in [1.807, 2.05) is 0 Å². The largest absolute Gasteiger partial charge is 0.399 e. The first kappa shape index (κ1) is 10.9. The van der Waals surface area contributed by atoms with E-state index in [-0.39, 0.29) is 5.91 Å². The molecule has 0 bridgehead atoms. The highest BCUT2D eigenvalue weighted by molar-refractivity contribution is 6.07. The van der Waals surface area contributed by atoms with Crippen LogP contribution in [-0.4, -0.2) is 15.9 Å². The lowest BCUT2D eigenvalue weighted by Crippen LogP contribution is -2.14. The third-order valence-corrected chi connectivity index (χ3v) is 2.14. The lowest BCUT2D eigenvalue weighted by Gasteiger charge is -2.07. The first-order valence-corrected chi connectivity index (χ1v) is 4.88. The Morgan fingerprint density at radius 1 is 1.18 bits per heavy atom. The van der Waals surface area contributed by atoms with Gasteiger partial charge in [0.1, 0.15) is 6.33 Å². The van der Waals surface area contributed by atoms with E-state index in [9.17, 15) is 4.79 Å². The summed E-state index contributed by atoms with van der Waals surface area (Å²) in [5, 5.41) is 2.63. The van der Waals surface area contributed by atoms with Crippen molar-refractivity contribution in [2.45, 2.75) is 0 Å². The SMILES string of the molecule is Nc1ccc(C(=O)Nc2cncnc2)c(N)c1. The van der Waals surface area contributed by atoms with Crippen molar-refractivity contribution in [2.24, 2.45) is 0 Å². The lowest BCUT2D eigenvalue weighted by atomic mass is 10.1. The van der Waals surface area contributed by atoms with Crippen LogP contribution in [0.3, 0.4) is 0 Å². The summed E-state index contributed by atoms with van der Waals surface area (Å²) in [7, 11) is 0. The number of nitrogens with zero attached hydrogens (tertiary/aromatic N) is 2. The zero-order valence-electron chi connectivity index (χ0n) is 8.92. The third kappa shape index (κ3) is 2.49.